The Morgan fingerprint density at radius 2 is 1.90 bits per heavy atom. The summed E-state index contributed by atoms with van der Waals surface area (Å²) in [7, 11) is 0. The van der Waals surface area contributed by atoms with Crippen molar-refractivity contribution in [2.75, 3.05) is 6.54 Å². The van der Waals surface area contributed by atoms with Gasteiger partial charge in [0.05, 0.1) is 5.69 Å². The normalized spacial score (nSPS) is 17.0. The van der Waals surface area contributed by atoms with Gasteiger partial charge >= 0.3 is 0 Å². The van der Waals surface area contributed by atoms with Crippen LogP contribution in [0.25, 0.3) is 0 Å². The monoisotopic (exact) mass is 301 g/mol. The van der Waals surface area contributed by atoms with Gasteiger partial charge in [0.2, 0.25) is 0 Å². The van der Waals surface area contributed by atoms with E-state index in [9.17, 15) is 0 Å². The molecular formula is C17H20ClN3. The molecule has 0 saturated carbocycles. The molecule has 2 aliphatic rings. The third kappa shape index (κ3) is 2.95. The second-order valence-corrected chi connectivity index (χ2v) is 5.75. The van der Waals surface area contributed by atoms with E-state index >= 15 is 0 Å². The molecular weight excluding hydrogens is 282 g/mol. The molecule has 4 heteroatoms. The van der Waals surface area contributed by atoms with E-state index in [2.05, 4.69) is 46.6 Å². The van der Waals surface area contributed by atoms with E-state index in [-0.39, 0.29) is 12.4 Å². The highest BCUT2D eigenvalue weighted by atomic mass is 35.5. The Hall–Kier alpha value is -1.42. The van der Waals surface area contributed by atoms with Gasteiger partial charge in [-0.05, 0) is 22.8 Å². The average Bonchev–Trinajstić information content (AvgIpc) is 2.93. The summed E-state index contributed by atoms with van der Waals surface area (Å²) >= 11 is 0. The molecule has 0 saturated heterocycles. The number of nitrogens with zero attached hydrogens (tertiary/aromatic N) is 2. The van der Waals surface area contributed by atoms with Crippen LogP contribution in [0.1, 0.15) is 28.1 Å². The molecule has 2 aliphatic heterocycles. The molecule has 0 spiro atoms. The fourth-order valence-corrected chi connectivity index (χ4v) is 3.22. The van der Waals surface area contributed by atoms with Crippen molar-refractivity contribution in [3.63, 3.8) is 0 Å². The molecule has 3 heterocycles. The Morgan fingerprint density at radius 3 is 2.76 bits per heavy atom. The summed E-state index contributed by atoms with van der Waals surface area (Å²) in [6, 6.07) is 13.1. The number of rotatable bonds is 2. The number of pyridine rings is 1. The lowest BCUT2D eigenvalue weighted by Crippen LogP contribution is -2.31. The van der Waals surface area contributed by atoms with Crippen LogP contribution >= 0.6 is 12.4 Å². The van der Waals surface area contributed by atoms with Crippen LogP contribution in [0.5, 0.6) is 0 Å². The zero-order chi connectivity index (χ0) is 13.4. The summed E-state index contributed by atoms with van der Waals surface area (Å²) < 4.78 is 0. The summed E-state index contributed by atoms with van der Waals surface area (Å²) in [4.78, 5) is 7.37. The number of fused-ring (bicyclic) bond motifs is 2. The molecule has 2 aromatic rings. The minimum atomic E-state index is 0. The lowest BCUT2D eigenvalue weighted by molar-refractivity contribution is 0.243. The van der Waals surface area contributed by atoms with E-state index in [4.69, 9.17) is 4.98 Å². The Balaban J connectivity index is 0.00000132. The third-order valence-electron chi connectivity index (χ3n) is 4.28. The summed E-state index contributed by atoms with van der Waals surface area (Å²) in [6.07, 6.45) is 1.08. The minimum absolute atomic E-state index is 0. The first kappa shape index (κ1) is 14.5. The van der Waals surface area contributed by atoms with E-state index < -0.39 is 0 Å². The lowest BCUT2D eigenvalue weighted by Gasteiger charge is -2.28. The van der Waals surface area contributed by atoms with E-state index in [0.717, 1.165) is 39.1 Å². The van der Waals surface area contributed by atoms with Gasteiger partial charge in [-0.1, -0.05) is 30.3 Å². The summed E-state index contributed by atoms with van der Waals surface area (Å²) in [5.74, 6) is 0. The second kappa shape index (κ2) is 6.14. The standard InChI is InChI=1S/C17H19N3.ClH/c1-2-4-13(5-3-1)11-20-7-6-16-15(12-20)8-14-9-18-10-17(14)19-16;/h1-5,8,18H,6-7,9-12H2;1H. The highest BCUT2D eigenvalue weighted by Crippen LogP contribution is 2.23. The molecule has 21 heavy (non-hydrogen) atoms. The molecule has 1 aromatic carbocycles. The van der Waals surface area contributed by atoms with Crippen molar-refractivity contribution in [3.05, 3.63) is 64.5 Å². The maximum absolute atomic E-state index is 4.85. The van der Waals surface area contributed by atoms with Crippen LogP contribution in [-0.2, 0) is 32.6 Å². The molecule has 110 valence electrons. The van der Waals surface area contributed by atoms with E-state index in [1.165, 1.54) is 28.1 Å². The van der Waals surface area contributed by atoms with Gasteiger partial charge in [0.1, 0.15) is 0 Å². The van der Waals surface area contributed by atoms with Crippen molar-refractivity contribution in [2.24, 2.45) is 0 Å². The predicted octanol–water partition coefficient (Wildman–Crippen LogP) is 2.66. The smallest absolute Gasteiger partial charge is 0.0590 e. The van der Waals surface area contributed by atoms with Gasteiger partial charge in [-0.2, -0.15) is 0 Å². The van der Waals surface area contributed by atoms with Crippen molar-refractivity contribution in [3.8, 4) is 0 Å². The molecule has 0 atom stereocenters. The van der Waals surface area contributed by atoms with Crippen LogP contribution in [0.15, 0.2) is 36.4 Å². The summed E-state index contributed by atoms with van der Waals surface area (Å²) in [5.41, 5.74) is 6.80. The Bertz CT molecular complexity index is 627. The van der Waals surface area contributed by atoms with Gasteiger partial charge < -0.3 is 5.32 Å². The number of aromatic nitrogens is 1. The summed E-state index contributed by atoms with van der Waals surface area (Å²) in [5, 5.41) is 3.39. The first-order valence-electron chi connectivity index (χ1n) is 7.36. The Kier molecular flexibility index (Phi) is 4.24. The SMILES string of the molecule is Cl.c1ccc(CN2CCc3nc4c(cc3C2)CNC4)cc1. The van der Waals surface area contributed by atoms with Gasteiger partial charge in [-0.15, -0.1) is 12.4 Å². The number of benzene rings is 1. The van der Waals surface area contributed by atoms with Crippen molar-refractivity contribution in [1.82, 2.24) is 15.2 Å². The fraction of sp³-hybridized carbons (Fsp3) is 0.353. The number of hydrogen-bond acceptors (Lipinski definition) is 3. The Morgan fingerprint density at radius 1 is 1.05 bits per heavy atom. The predicted molar refractivity (Wildman–Crippen MR) is 86.3 cm³/mol. The average molecular weight is 302 g/mol. The minimum Gasteiger partial charge on any atom is -0.307 e. The van der Waals surface area contributed by atoms with Gasteiger partial charge in [0, 0.05) is 44.8 Å². The van der Waals surface area contributed by atoms with E-state index in [0.29, 0.717) is 0 Å². The van der Waals surface area contributed by atoms with Crippen LogP contribution in [-0.4, -0.2) is 16.4 Å². The first-order valence-corrected chi connectivity index (χ1v) is 7.36. The van der Waals surface area contributed by atoms with Gasteiger partial charge in [0.15, 0.2) is 0 Å². The highest BCUT2D eigenvalue weighted by Gasteiger charge is 2.21. The topological polar surface area (TPSA) is 28.2 Å². The molecule has 0 unspecified atom stereocenters. The van der Waals surface area contributed by atoms with Crippen molar-refractivity contribution in [1.29, 1.82) is 0 Å². The van der Waals surface area contributed by atoms with Gasteiger partial charge in [-0.3, -0.25) is 9.88 Å². The van der Waals surface area contributed by atoms with Crippen LogP contribution in [0.4, 0.5) is 0 Å². The van der Waals surface area contributed by atoms with E-state index in [1.54, 1.807) is 0 Å². The maximum atomic E-state index is 4.85. The van der Waals surface area contributed by atoms with Crippen LogP contribution in [0.3, 0.4) is 0 Å². The highest BCUT2D eigenvalue weighted by molar-refractivity contribution is 5.85. The molecule has 1 N–H and O–H groups in total. The van der Waals surface area contributed by atoms with Crippen molar-refractivity contribution in [2.45, 2.75) is 32.6 Å². The van der Waals surface area contributed by atoms with Crippen LogP contribution < -0.4 is 5.32 Å². The Labute approximate surface area is 131 Å². The molecule has 4 rings (SSSR count). The maximum Gasteiger partial charge on any atom is 0.0590 e. The quantitative estimate of drug-likeness (QED) is 0.924. The lowest BCUT2D eigenvalue weighted by atomic mass is 10.0. The third-order valence-corrected chi connectivity index (χ3v) is 4.28. The number of nitrogens with one attached hydrogen (secondary N) is 1. The largest absolute Gasteiger partial charge is 0.307 e. The molecule has 3 nitrogen and oxygen atoms in total. The van der Waals surface area contributed by atoms with Crippen molar-refractivity contribution >= 4 is 12.4 Å². The molecule has 0 radical (unpaired) electrons. The molecule has 0 aliphatic carbocycles. The first-order chi connectivity index (χ1) is 9.88. The van der Waals surface area contributed by atoms with Gasteiger partial charge in [-0.25, -0.2) is 0 Å². The van der Waals surface area contributed by atoms with Crippen LogP contribution in [0, 0.1) is 0 Å². The summed E-state index contributed by atoms with van der Waals surface area (Å²) in [6.45, 7) is 5.10. The van der Waals surface area contributed by atoms with E-state index in [1.807, 2.05) is 0 Å². The molecule has 0 fully saturated rings. The zero-order valence-corrected chi connectivity index (χ0v) is 12.8. The molecule has 0 bridgehead atoms. The molecule has 1 aromatic heterocycles. The number of hydrogen-bond donors (Lipinski definition) is 1. The van der Waals surface area contributed by atoms with Crippen LogP contribution in [0.2, 0.25) is 0 Å². The zero-order valence-electron chi connectivity index (χ0n) is 12.0. The van der Waals surface area contributed by atoms with Gasteiger partial charge in [0.25, 0.3) is 0 Å². The second-order valence-electron chi connectivity index (χ2n) is 5.75. The fourth-order valence-electron chi connectivity index (χ4n) is 3.22. The molecule has 0 amide bonds. The van der Waals surface area contributed by atoms with Crippen molar-refractivity contribution < 1.29 is 0 Å². The number of halogens is 1.